The fraction of sp³-hybridized carbons (Fsp3) is 0.0556. The summed E-state index contributed by atoms with van der Waals surface area (Å²) in [4.78, 5) is 13.2. The molecule has 0 saturated heterocycles. The average Bonchev–Trinajstić information content (AvgIpc) is 3.22. The van der Waals surface area contributed by atoms with Crippen LogP contribution in [0.1, 0.15) is 11.5 Å². The molecule has 0 bridgehead atoms. The van der Waals surface area contributed by atoms with Crippen LogP contribution < -0.4 is 5.73 Å². The van der Waals surface area contributed by atoms with E-state index in [0.717, 1.165) is 21.2 Å². The van der Waals surface area contributed by atoms with Gasteiger partial charge in [0, 0.05) is 15.4 Å². The standard InChI is InChI=1S/C18H13BrN4OS/c1-10-2-4-11(5-3-10)14-9-25-18(22-14)23-16(20)17-21-13-7-6-12(19)8-15(13)24-17/h2-9H,1H3,(H2,20,22,23). The fourth-order valence-corrected chi connectivity index (χ4v) is 3.38. The van der Waals surface area contributed by atoms with E-state index in [1.165, 1.54) is 16.9 Å². The van der Waals surface area contributed by atoms with Crippen molar-refractivity contribution in [2.75, 3.05) is 0 Å². The van der Waals surface area contributed by atoms with E-state index < -0.39 is 0 Å². The van der Waals surface area contributed by atoms with Crippen molar-refractivity contribution in [3.63, 3.8) is 0 Å². The third-order valence-corrected chi connectivity index (χ3v) is 4.85. The van der Waals surface area contributed by atoms with Crippen LogP contribution >= 0.6 is 27.3 Å². The third kappa shape index (κ3) is 3.33. The Kier molecular flexibility index (Phi) is 4.10. The molecule has 0 aliphatic carbocycles. The number of aryl methyl sites for hydroxylation is 1. The zero-order valence-corrected chi connectivity index (χ0v) is 15.6. The van der Waals surface area contributed by atoms with Crippen LogP contribution in [0.15, 0.2) is 61.7 Å². The Bertz CT molecular complexity index is 1080. The first-order valence-corrected chi connectivity index (χ1v) is 9.19. The van der Waals surface area contributed by atoms with Gasteiger partial charge >= 0.3 is 0 Å². The van der Waals surface area contributed by atoms with Gasteiger partial charge in [0.1, 0.15) is 5.52 Å². The highest BCUT2D eigenvalue weighted by Gasteiger charge is 2.11. The maximum Gasteiger partial charge on any atom is 0.263 e. The molecule has 7 heteroatoms. The molecule has 0 aliphatic rings. The smallest absolute Gasteiger partial charge is 0.263 e. The highest BCUT2D eigenvalue weighted by Crippen LogP contribution is 2.27. The van der Waals surface area contributed by atoms with E-state index >= 15 is 0 Å². The first-order valence-electron chi connectivity index (χ1n) is 7.52. The van der Waals surface area contributed by atoms with Crippen molar-refractivity contribution in [3.8, 4) is 11.3 Å². The summed E-state index contributed by atoms with van der Waals surface area (Å²) in [6.07, 6.45) is 0. The first kappa shape index (κ1) is 16.0. The highest BCUT2D eigenvalue weighted by atomic mass is 79.9. The number of hydrogen-bond donors (Lipinski definition) is 1. The molecule has 2 aromatic carbocycles. The zero-order valence-electron chi connectivity index (χ0n) is 13.2. The molecule has 4 rings (SSSR count). The molecule has 5 nitrogen and oxygen atoms in total. The normalized spacial score (nSPS) is 12.0. The van der Waals surface area contributed by atoms with E-state index in [9.17, 15) is 0 Å². The van der Waals surface area contributed by atoms with Crippen LogP contribution in [0.2, 0.25) is 0 Å². The van der Waals surface area contributed by atoms with Gasteiger partial charge in [-0.1, -0.05) is 45.8 Å². The Morgan fingerprint density at radius 2 is 1.96 bits per heavy atom. The Labute approximate surface area is 156 Å². The number of rotatable bonds is 3. The number of fused-ring (bicyclic) bond motifs is 1. The number of nitrogens with two attached hydrogens (primary N) is 1. The number of oxazole rings is 1. The molecule has 0 aliphatic heterocycles. The summed E-state index contributed by atoms with van der Waals surface area (Å²) in [5.41, 5.74) is 10.6. The van der Waals surface area contributed by atoms with Gasteiger partial charge in [-0.25, -0.2) is 9.97 Å². The second kappa shape index (κ2) is 6.42. The maximum absolute atomic E-state index is 6.05. The second-order valence-corrected chi connectivity index (χ2v) is 7.26. The fourth-order valence-electron chi connectivity index (χ4n) is 2.33. The molecule has 25 heavy (non-hydrogen) atoms. The lowest BCUT2D eigenvalue weighted by Crippen LogP contribution is -2.12. The van der Waals surface area contributed by atoms with Gasteiger partial charge < -0.3 is 10.2 Å². The van der Waals surface area contributed by atoms with Crippen LogP contribution in [0, 0.1) is 6.92 Å². The summed E-state index contributed by atoms with van der Waals surface area (Å²) in [7, 11) is 0. The molecule has 0 unspecified atom stereocenters. The number of hydrogen-bond acceptors (Lipinski definition) is 5. The van der Waals surface area contributed by atoms with Crippen molar-refractivity contribution >= 4 is 49.3 Å². The molecule has 0 atom stereocenters. The Balaban J connectivity index is 1.64. The zero-order chi connectivity index (χ0) is 17.4. The van der Waals surface area contributed by atoms with Gasteiger partial charge in [-0.2, -0.15) is 4.99 Å². The maximum atomic E-state index is 6.05. The van der Waals surface area contributed by atoms with Crippen LogP contribution in [0.4, 0.5) is 5.13 Å². The van der Waals surface area contributed by atoms with Crippen molar-refractivity contribution in [1.29, 1.82) is 0 Å². The summed E-state index contributed by atoms with van der Waals surface area (Å²) >= 11 is 4.83. The molecule has 0 fully saturated rings. The third-order valence-electron chi connectivity index (χ3n) is 3.63. The molecule has 124 valence electrons. The van der Waals surface area contributed by atoms with E-state index in [1.54, 1.807) is 0 Å². The molecule has 2 aromatic heterocycles. The van der Waals surface area contributed by atoms with Crippen molar-refractivity contribution in [1.82, 2.24) is 9.97 Å². The van der Waals surface area contributed by atoms with Crippen LogP contribution in [0.5, 0.6) is 0 Å². The minimum atomic E-state index is 0.206. The molecule has 2 N–H and O–H groups in total. The van der Waals surface area contributed by atoms with Crippen LogP contribution in [0.25, 0.3) is 22.4 Å². The van der Waals surface area contributed by atoms with Crippen molar-refractivity contribution in [3.05, 3.63) is 63.8 Å². The van der Waals surface area contributed by atoms with E-state index in [4.69, 9.17) is 10.2 Å². The topological polar surface area (TPSA) is 77.3 Å². The number of amidine groups is 1. The van der Waals surface area contributed by atoms with Gasteiger partial charge in [0.25, 0.3) is 5.89 Å². The molecule has 0 saturated carbocycles. The van der Waals surface area contributed by atoms with Crippen LogP contribution in [-0.4, -0.2) is 15.8 Å². The summed E-state index contributed by atoms with van der Waals surface area (Å²) in [6, 6.07) is 13.8. The van der Waals surface area contributed by atoms with Crippen molar-refractivity contribution < 1.29 is 4.42 Å². The van der Waals surface area contributed by atoms with Crippen molar-refractivity contribution in [2.24, 2.45) is 10.7 Å². The van der Waals surface area contributed by atoms with E-state index in [1.807, 2.05) is 35.7 Å². The molecule has 0 radical (unpaired) electrons. The Morgan fingerprint density at radius 3 is 2.76 bits per heavy atom. The number of benzene rings is 2. The number of thiazole rings is 1. The molecule has 4 aromatic rings. The van der Waals surface area contributed by atoms with Gasteiger partial charge in [0.2, 0.25) is 5.13 Å². The molecular weight excluding hydrogens is 400 g/mol. The van der Waals surface area contributed by atoms with Crippen molar-refractivity contribution in [2.45, 2.75) is 6.92 Å². The van der Waals surface area contributed by atoms with Gasteiger partial charge in [0.05, 0.1) is 5.69 Å². The second-order valence-electron chi connectivity index (χ2n) is 5.51. The van der Waals surface area contributed by atoms with Crippen LogP contribution in [0.3, 0.4) is 0 Å². The largest absolute Gasteiger partial charge is 0.434 e. The summed E-state index contributed by atoms with van der Waals surface area (Å²) in [6.45, 7) is 2.06. The summed E-state index contributed by atoms with van der Waals surface area (Å²) in [5.74, 6) is 0.498. The van der Waals surface area contributed by atoms with E-state index in [-0.39, 0.29) is 5.84 Å². The summed E-state index contributed by atoms with van der Waals surface area (Å²) in [5, 5.41) is 2.52. The predicted octanol–water partition coefficient (Wildman–Crippen LogP) is 5.06. The van der Waals surface area contributed by atoms with Crippen LogP contribution in [-0.2, 0) is 0 Å². The molecule has 2 heterocycles. The highest BCUT2D eigenvalue weighted by molar-refractivity contribution is 9.10. The lowest BCUT2D eigenvalue weighted by molar-refractivity contribution is 0.589. The number of nitrogens with zero attached hydrogens (tertiary/aromatic N) is 3. The van der Waals surface area contributed by atoms with Gasteiger partial charge in [-0.3, -0.25) is 0 Å². The lowest BCUT2D eigenvalue weighted by Gasteiger charge is -1.96. The predicted molar refractivity (Wildman–Crippen MR) is 104 cm³/mol. The van der Waals surface area contributed by atoms with E-state index in [2.05, 4.69) is 49.9 Å². The summed E-state index contributed by atoms with van der Waals surface area (Å²) < 4.78 is 6.58. The van der Waals surface area contributed by atoms with Gasteiger partial charge in [0.15, 0.2) is 11.4 Å². The number of aromatic nitrogens is 2. The average molecular weight is 413 g/mol. The Hall–Kier alpha value is -2.51. The molecule has 0 amide bonds. The lowest BCUT2D eigenvalue weighted by atomic mass is 10.1. The quantitative estimate of drug-likeness (QED) is 0.376. The first-order chi connectivity index (χ1) is 12.1. The minimum absolute atomic E-state index is 0.206. The SMILES string of the molecule is Cc1ccc(-c2csc(/N=C(\N)c3nc4ccc(Br)cc4o3)n2)cc1. The Morgan fingerprint density at radius 1 is 1.16 bits per heavy atom. The number of halogens is 1. The van der Waals surface area contributed by atoms with E-state index in [0.29, 0.717) is 16.6 Å². The minimum Gasteiger partial charge on any atom is -0.434 e. The van der Waals surface area contributed by atoms with Gasteiger partial charge in [-0.05, 0) is 25.1 Å². The molecule has 0 spiro atoms. The monoisotopic (exact) mass is 412 g/mol. The van der Waals surface area contributed by atoms with Gasteiger partial charge in [-0.15, -0.1) is 11.3 Å². The number of aliphatic imine (C=N–C) groups is 1. The molecular formula is C18H13BrN4OS.